The lowest BCUT2D eigenvalue weighted by Gasteiger charge is -2.09. The molecule has 5 rings (SSSR count). The number of benzene rings is 4. The average molecular weight is 576 g/mol. The maximum Gasteiger partial charge on any atom is 0.271 e. The molecule has 0 spiro atoms. The summed E-state index contributed by atoms with van der Waals surface area (Å²) in [5.41, 5.74) is 9.37. The first-order valence-electron chi connectivity index (χ1n) is 13.2. The fourth-order valence-electron chi connectivity index (χ4n) is 3.98. The Balaban J connectivity index is 1.11. The number of hydrogen-bond donors (Lipinski definition) is 3. The summed E-state index contributed by atoms with van der Waals surface area (Å²) in [7, 11) is 0. The third-order valence-electron chi connectivity index (χ3n) is 6.28. The van der Waals surface area contributed by atoms with Crippen molar-refractivity contribution in [2.45, 2.75) is 13.8 Å². The van der Waals surface area contributed by atoms with Crippen LogP contribution in [0.4, 0.5) is 16.5 Å². The predicted octanol–water partition coefficient (Wildman–Crippen LogP) is 6.95. The monoisotopic (exact) mass is 575 g/mol. The number of carbonyl (C=O) groups is 2. The average Bonchev–Trinajstić information content (AvgIpc) is 3.47. The second-order valence-electron chi connectivity index (χ2n) is 9.53. The highest BCUT2D eigenvalue weighted by Gasteiger charge is 2.09. The Kier molecular flexibility index (Phi) is 9.00. The van der Waals surface area contributed by atoms with E-state index >= 15 is 0 Å². The van der Waals surface area contributed by atoms with Crippen molar-refractivity contribution in [1.82, 2.24) is 10.4 Å². The Hall–Kier alpha value is -5.28. The molecule has 1 heterocycles. The molecule has 42 heavy (non-hydrogen) atoms. The van der Waals surface area contributed by atoms with Gasteiger partial charge in [0.2, 0.25) is 0 Å². The number of aryl methyl sites for hydroxylation is 2. The van der Waals surface area contributed by atoms with Gasteiger partial charge in [0.1, 0.15) is 5.75 Å². The Morgan fingerprint density at radius 1 is 0.929 bits per heavy atom. The van der Waals surface area contributed by atoms with E-state index in [1.807, 2.05) is 79.0 Å². The molecule has 0 bridgehead atoms. The molecule has 0 saturated heterocycles. The Labute approximate surface area is 248 Å². The number of rotatable bonds is 10. The minimum atomic E-state index is -0.335. The highest BCUT2D eigenvalue weighted by molar-refractivity contribution is 7.14. The SMILES string of the molecule is Cc1ccc(Nc2nc(-c3ccc(C(=O)N/N=C/c4cccc(OCC(=O)Nc5ccccc5C)c4)cc3)cs2)cc1. The molecule has 0 aliphatic rings. The molecule has 0 saturated carbocycles. The van der Waals surface area contributed by atoms with Gasteiger partial charge >= 0.3 is 0 Å². The lowest BCUT2D eigenvalue weighted by atomic mass is 10.1. The molecular weight excluding hydrogens is 546 g/mol. The second kappa shape index (κ2) is 13.4. The minimum absolute atomic E-state index is 0.132. The molecule has 9 heteroatoms. The van der Waals surface area contributed by atoms with Crippen molar-refractivity contribution < 1.29 is 14.3 Å². The smallest absolute Gasteiger partial charge is 0.271 e. The molecule has 0 aliphatic heterocycles. The van der Waals surface area contributed by atoms with Crippen LogP contribution < -0.4 is 20.8 Å². The van der Waals surface area contributed by atoms with E-state index in [0.29, 0.717) is 16.9 Å². The fraction of sp³-hybridized carbons (Fsp3) is 0.0909. The van der Waals surface area contributed by atoms with Gasteiger partial charge in [0.05, 0.1) is 11.9 Å². The van der Waals surface area contributed by atoms with Crippen LogP contribution in [0.2, 0.25) is 0 Å². The molecule has 0 radical (unpaired) electrons. The number of carbonyl (C=O) groups excluding carboxylic acids is 2. The Bertz CT molecular complexity index is 1710. The van der Waals surface area contributed by atoms with Gasteiger partial charge < -0.3 is 15.4 Å². The lowest BCUT2D eigenvalue weighted by Crippen LogP contribution is -2.20. The fourth-order valence-corrected chi connectivity index (χ4v) is 4.72. The number of anilines is 3. The van der Waals surface area contributed by atoms with Gasteiger partial charge in [-0.1, -0.05) is 60.2 Å². The number of hydrazone groups is 1. The summed E-state index contributed by atoms with van der Waals surface area (Å²) in [5, 5.41) is 13.0. The standard InChI is InChI=1S/C33H29N5O3S/c1-22-10-16-27(17-11-22)35-33-37-30(21-42-33)25-12-14-26(15-13-25)32(40)38-34-19-24-7-5-8-28(18-24)41-20-31(39)36-29-9-4-3-6-23(29)2/h3-19,21H,20H2,1-2H3,(H,35,37)(H,36,39)(H,38,40)/b34-19+. The summed E-state index contributed by atoms with van der Waals surface area (Å²) >= 11 is 1.52. The van der Waals surface area contributed by atoms with E-state index in [1.54, 1.807) is 30.3 Å². The summed E-state index contributed by atoms with van der Waals surface area (Å²) in [6.07, 6.45) is 1.52. The van der Waals surface area contributed by atoms with E-state index in [-0.39, 0.29) is 18.4 Å². The summed E-state index contributed by atoms with van der Waals surface area (Å²) in [6.45, 7) is 3.85. The third kappa shape index (κ3) is 7.67. The van der Waals surface area contributed by atoms with Crippen molar-refractivity contribution in [2.75, 3.05) is 17.2 Å². The Morgan fingerprint density at radius 3 is 2.50 bits per heavy atom. The predicted molar refractivity (Wildman–Crippen MR) is 169 cm³/mol. The zero-order valence-corrected chi connectivity index (χ0v) is 23.9. The van der Waals surface area contributed by atoms with Crippen LogP contribution in [0.25, 0.3) is 11.3 Å². The molecule has 0 aliphatic carbocycles. The number of nitrogens with one attached hydrogen (secondary N) is 3. The molecule has 2 amide bonds. The van der Waals surface area contributed by atoms with Gasteiger partial charge in [0, 0.05) is 27.9 Å². The number of hydrogen-bond acceptors (Lipinski definition) is 7. The highest BCUT2D eigenvalue weighted by atomic mass is 32.1. The zero-order valence-electron chi connectivity index (χ0n) is 23.1. The first kappa shape index (κ1) is 28.3. The van der Waals surface area contributed by atoms with E-state index in [2.05, 4.69) is 33.1 Å². The normalized spacial score (nSPS) is 10.8. The summed E-state index contributed by atoms with van der Waals surface area (Å²) < 4.78 is 5.63. The second-order valence-corrected chi connectivity index (χ2v) is 10.4. The molecule has 1 aromatic heterocycles. The van der Waals surface area contributed by atoms with Crippen LogP contribution >= 0.6 is 11.3 Å². The molecule has 5 aromatic rings. The van der Waals surface area contributed by atoms with E-state index in [4.69, 9.17) is 4.74 Å². The van der Waals surface area contributed by atoms with Crippen LogP contribution in [0.3, 0.4) is 0 Å². The molecular formula is C33H29N5O3S. The molecule has 3 N–H and O–H groups in total. The van der Waals surface area contributed by atoms with Crippen LogP contribution in [-0.4, -0.2) is 29.6 Å². The number of thiazole rings is 1. The van der Waals surface area contributed by atoms with Crippen molar-refractivity contribution in [3.05, 3.63) is 125 Å². The van der Waals surface area contributed by atoms with Gasteiger partial charge in [-0.15, -0.1) is 11.3 Å². The van der Waals surface area contributed by atoms with Crippen molar-refractivity contribution >= 4 is 45.9 Å². The molecule has 8 nitrogen and oxygen atoms in total. The summed E-state index contributed by atoms with van der Waals surface area (Å²) in [4.78, 5) is 29.5. The van der Waals surface area contributed by atoms with Crippen LogP contribution in [0, 0.1) is 13.8 Å². The third-order valence-corrected chi connectivity index (χ3v) is 7.03. The largest absolute Gasteiger partial charge is 0.484 e. The molecule has 0 atom stereocenters. The number of amides is 2. The number of aromatic nitrogens is 1. The topological polar surface area (TPSA) is 105 Å². The Morgan fingerprint density at radius 2 is 1.71 bits per heavy atom. The van der Waals surface area contributed by atoms with Crippen LogP contribution in [0.5, 0.6) is 5.75 Å². The van der Waals surface area contributed by atoms with Crippen molar-refractivity contribution in [3.63, 3.8) is 0 Å². The number of ether oxygens (including phenoxy) is 1. The van der Waals surface area contributed by atoms with Crippen molar-refractivity contribution in [1.29, 1.82) is 0 Å². The molecule has 210 valence electrons. The van der Waals surface area contributed by atoms with Gasteiger partial charge in [-0.05, 0) is 67.4 Å². The maximum absolute atomic E-state index is 12.6. The highest BCUT2D eigenvalue weighted by Crippen LogP contribution is 2.27. The minimum Gasteiger partial charge on any atom is -0.484 e. The van der Waals surface area contributed by atoms with Gasteiger partial charge in [-0.3, -0.25) is 9.59 Å². The van der Waals surface area contributed by atoms with Crippen LogP contribution in [-0.2, 0) is 4.79 Å². The van der Waals surface area contributed by atoms with Gasteiger partial charge in [-0.2, -0.15) is 5.10 Å². The van der Waals surface area contributed by atoms with E-state index in [0.717, 1.165) is 33.3 Å². The first-order chi connectivity index (χ1) is 20.4. The summed E-state index contributed by atoms with van der Waals surface area (Å²) in [5.74, 6) is -0.0751. The van der Waals surface area contributed by atoms with Gasteiger partial charge in [-0.25, -0.2) is 10.4 Å². The number of para-hydroxylation sites is 1. The maximum atomic E-state index is 12.6. The molecule has 4 aromatic carbocycles. The van der Waals surface area contributed by atoms with Gasteiger partial charge in [0.25, 0.3) is 11.8 Å². The van der Waals surface area contributed by atoms with Crippen molar-refractivity contribution in [3.8, 4) is 17.0 Å². The van der Waals surface area contributed by atoms with E-state index in [1.165, 1.54) is 23.1 Å². The summed E-state index contributed by atoms with van der Waals surface area (Å²) in [6, 6.07) is 30.0. The van der Waals surface area contributed by atoms with E-state index < -0.39 is 0 Å². The first-order valence-corrected chi connectivity index (χ1v) is 14.1. The lowest BCUT2D eigenvalue weighted by molar-refractivity contribution is -0.118. The quantitative estimate of drug-likeness (QED) is 0.123. The van der Waals surface area contributed by atoms with Crippen LogP contribution in [0.15, 0.2) is 108 Å². The number of nitrogens with zero attached hydrogens (tertiary/aromatic N) is 2. The molecule has 0 fully saturated rings. The molecule has 0 unspecified atom stereocenters. The van der Waals surface area contributed by atoms with Gasteiger partial charge in [0.15, 0.2) is 11.7 Å². The zero-order chi connectivity index (χ0) is 29.3. The van der Waals surface area contributed by atoms with Crippen molar-refractivity contribution in [2.24, 2.45) is 5.10 Å². The van der Waals surface area contributed by atoms with Crippen LogP contribution in [0.1, 0.15) is 27.0 Å². The van der Waals surface area contributed by atoms with E-state index in [9.17, 15) is 9.59 Å².